The first kappa shape index (κ1) is 18.3. The summed E-state index contributed by atoms with van der Waals surface area (Å²) >= 11 is 23.9. The van der Waals surface area contributed by atoms with E-state index in [0.717, 1.165) is 0 Å². The Balaban J connectivity index is 2.04. The normalized spacial score (nSPS) is 12.1. The lowest BCUT2D eigenvalue weighted by molar-refractivity contribution is 0.292. The van der Waals surface area contributed by atoms with Crippen LogP contribution in [0.3, 0.4) is 0 Å². The molecule has 0 fully saturated rings. The third-order valence-electron chi connectivity index (χ3n) is 2.84. The maximum absolute atomic E-state index is 6.20. The molecule has 0 aliphatic rings. The summed E-state index contributed by atoms with van der Waals surface area (Å²) in [5.41, 5.74) is 0.712. The molecule has 0 unspecified atom stereocenters. The van der Waals surface area contributed by atoms with Crippen LogP contribution in [0, 0.1) is 13.8 Å². The van der Waals surface area contributed by atoms with Gasteiger partial charge in [-0.3, -0.25) is 0 Å². The van der Waals surface area contributed by atoms with Gasteiger partial charge in [-0.1, -0.05) is 46.4 Å². The van der Waals surface area contributed by atoms with Crippen LogP contribution in [0.25, 0.3) is 0 Å². The number of hydrogen-bond donors (Lipinski definition) is 1. The zero-order chi connectivity index (χ0) is 17.1. The second-order valence-corrected chi connectivity index (χ2v) is 6.47. The summed E-state index contributed by atoms with van der Waals surface area (Å²) in [6, 6.07) is 1.38. The van der Waals surface area contributed by atoms with E-state index in [2.05, 4.69) is 20.3 Å². The molecule has 2 heterocycles. The number of aryl methyl sites for hydroxylation is 2. The predicted molar refractivity (Wildman–Crippen MR) is 94.4 cm³/mol. The van der Waals surface area contributed by atoms with E-state index in [4.69, 9.17) is 51.1 Å². The van der Waals surface area contributed by atoms with Crippen LogP contribution < -0.4 is 10.1 Å². The Morgan fingerprint density at radius 2 is 1.78 bits per heavy atom. The highest BCUT2D eigenvalue weighted by atomic mass is 35.5. The van der Waals surface area contributed by atoms with Crippen molar-refractivity contribution in [2.24, 2.45) is 0 Å². The van der Waals surface area contributed by atoms with Crippen molar-refractivity contribution >= 4 is 52.2 Å². The Morgan fingerprint density at radius 1 is 1.09 bits per heavy atom. The van der Waals surface area contributed by atoms with Crippen molar-refractivity contribution in [3.8, 4) is 5.88 Å². The van der Waals surface area contributed by atoms with Crippen molar-refractivity contribution in [1.29, 1.82) is 0 Å². The largest absolute Gasteiger partial charge is 0.474 e. The van der Waals surface area contributed by atoms with Crippen LogP contribution in [-0.4, -0.2) is 27.6 Å². The Hall–Kier alpha value is -1.01. The molecule has 0 amide bonds. The van der Waals surface area contributed by atoms with Crippen molar-refractivity contribution in [3.05, 3.63) is 37.8 Å². The van der Waals surface area contributed by atoms with E-state index in [1.807, 2.05) is 13.8 Å². The number of nitrogens with zero attached hydrogens (tertiary/aromatic N) is 3. The fourth-order valence-electron chi connectivity index (χ4n) is 1.80. The lowest BCUT2D eigenvalue weighted by Gasteiger charge is -2.17. The molecular formula is C14H14Cl4N4O. The Kier molecular flexibility index (Phi) is 6.14. The third kappa shape index (κ3) is 4.73. The maximum Gasteiger partial charge on any atom is 0.234 e. The standard InChI is InChI=1S/C14H14Cl4N4O/c1-6(19-13-11(17)7(2)20-8(3)21-13)5-23-14-10(16)4-9(15)12(18)22-14/h4,6H,5H2,1-3H3,(H,19,20,21)/t6-/m0/s1. The molecule has 0 aliphatic carbocycles. The van der Waals surface area contributed by atoms with Gasteiger partial charge in [-0.05, 0) is 26.8 Å². The Morgan fingerprint density at radius 3 is 2.48 bits per heavy atom. The zero-order valence-corrected chi connectivity index (χ0v) is 15.6. The zero-order valence-electron chi connectivity index (χ0n) is 12.6. The van der Waals surface area contributed by atoms with Gasteiger partial charge in [0, 0.05) is 0 Å². The molecular weight excluding hydrogens is 382 g/mol. The molecule has 1 atom stereocenters. The molecule has 0 radical (unpaired) electrons. The van der Waals surface area contributed by atoms with Gasteiger partial charge in [-0.2, -0.15) is 4.98 Å². The van der Waals surface area contributed by atoms with E-state index in [1.165, 1.54) is 6.07 Å². The van der Waals surface area contributed by atoms with Gasteiger partial charge in [0.15, 0.2) is 5.15 Å². The molecule has 0 bridgehead atoms. The summed E-state index contributed by atoms with van der Waals surface area (Å²) in [5, 5.41) is 4.35. The van der Waals surface area contributed by atoms with Crippen LogP contribution >= 0.6 is 46.4 Å². The molecule has 2 rings (SSSR count). The summed E-state index contributed by atoms with van der Waals surface area (Å²) in [6.45, 7) is 5.81. The van der Waals surface area contributed by atoms with E-state index < -0.39 is 0 Å². The molecule has 0 aromatic carbocycles. The minimum absolute atomic E-state index is 0.103. The molecule has 0 saturated heterocycles. The lowest BCUT2D eigenvalue weighted by atomic mass is 10.3. The highest BCUT2D eigenvalue weighted by molar-refractivity contribution is 6.42. The van der Waals surface area contributed by atoms with Crippen molar-refractivity contribution in [3.63, 3.8) is 0 Å². The van der Waals surface area contributed by atoms with Gasteiger partial charge in [-0.15, -0.1) is 0 Å². The van der Waals surface area contributed by atoms with Crippen LogP contribution in [0.4, 0.5) is 5.82 Å². The minimum atomic E-state index is -0.103. The fraction of sp³-hybridized carbons (Fsp3) is 0.357. The van der Waals surface area contributed by atoms with Gasteiger partial charge in [0.25, 0.3) is 0 Å². The monoisotopic (exact) mass is 394 g/mol. The fourth-order valence-corrected chi connectivity index (χ4v) is 2.49. The second kappa shape index (κ2) is 7.71. The van der Waals surface area contributed by atoms with E-state index >= 15 is 0 Å². The molecule has 9 heteroatoms. The lowest BCUT2D eigenvalue weighted by Crippen LogP contribution is -2.25. The quantitative estimate of drug-likeness (QED) is 0.723. The minimum Gasteiger partial charge on any atom is -0.474 e. The summed E-state index contributed by atoms with van der Waals surface area (Å²) < 4.78 is 5.57. The Bertz CT molecular complexity index is 726. The number of nitrogens with one attached hydrogen (secondary N) is 1. The van der Waals surface area contributed by atoms with Crippen molar-refractivity contribution in [1.82, 2.24) is 15.0 Å². The van der Waals surface area contributed by atoms with E-state index in [1.54, 1.807) is 6.92 Å². The second-order valence-electron chi connectivity index (χ2n) is 4.92. The van der Waals surface area contributed by atoms with Crippen LogP contribution in [0.2, 0.25) is 20.2 Å². The molecule has 0 spiro atoms. The third-order valence-corrected chi connectivity index (χ3v) is 4.23. The van der Waals surface area contributed by atoms with Crippen molar-refractivity contribution in [2.45, 2.75) is 26.8 Å². The van der Waals surface area contributed by atoms with E-state index in [0.29, 0.717) is 27.4 Å². The number of aromatic nitrogens is 3. The average Bonchev–Trinajstić information content (AvgIpc) is 2.46. The van der Waals surface area contributed by atoms with Gasteiger partial charge in [0.2, 0.25) is 5.88 Å². The summed E-state index contributed by atoms with van der Waals surface area (Å²) in [7, 11) is 0. The topological polar surface area (TPSA) is 59.9 Å². The van der Waals surface area contributed by atoms with Crippen molar-refractivity contribution in [2.75, 3.05) is 11.9 Å². The highest BCUT2D eigenvalue weighted by Gasteiger charge is 2.14. The molecule has 124 valence electrons. The first-order chi connectivity index (χ1) is 10.8. The van der Waals surface area contributed by atoms with Crippen LogP contribution in [-0.2, 0) is 0 Å². The van der Waals surface area contributed by atoms with Crippen LogP contribution in [0.15, 0.2) is 6.07 Å². The van der Waals surface area contributed by atoms with Crippen molar-refractivity contribution < 1.29 is 4.74 Å². The first-order valence-corrected chi connectivity index (χ1v) is 8.20. The summed E-state index contributed by atoms with van der Waals surface area (Å²) in [5.74, 6) is 1.41. The van der Waals surface area contributed by atoms with Gasteiger partial charge in [-0.25, -0.2) is 9.97 Å². The molecule has 5 nitrogen and oxygen atoms in total. The number of halogens is 4. The van der Waals surface area contributed by atoms with Gasteiger partial charge < -0.3 is 10.1 Å². The van der Waals surface area contributed by atoms with E-state index in [-0.39, 0.29) is 28.7 Å². The first-order valence-electron chi connectivity index (χ1n) is 6.69. The summed E-state index contributed by atoms with van der Waals surface area (Å²) in [6.07, 6.45) is 0. The molecule has 0 aliphatic heterocycles. The number of ether oxygens (including phenoxy) is 1. The molecule has 23 heavy (non-hydrogen) atoms. The number of rotatable bonds is 5. The van der Waals surface area contributed by atoms with Gasteiger partial charge >= 0.3 is 0 Å². The smallest absolute Gasteiger partial charge is 0.234 e. The van der Waals surface area contributed by atoms with Gasteiger partial charge in [0.05, 0.1) is 16.8 Å². The SMILES string of the molecule is Cc1nc(C)c(Cl)c(N[C@@H](C)COc2nc(Cl)c(Cl)cc2Cl)n1. The van der Waals surface area contributed by atoms with Crippen LogP contribution in [0.1, 0.15) is 18.4 Å². The average molecular weight is 396 g/mol. The number of pyridine rings is 1. The number of hydrogen-bond acceptors (Lipinski definition) is 5. The summed E-state index contributed by atoms with van der Waals surface area (Å²) in [4.78, 5) is 12.5. The van der Waals surface area contributed by atoms with Crippen LogP contribution in [0.5, 0.6) is 5.88 Å². The molecule has 1 N–H and O–H groups in total. The molecule has 2 aromatic heterocycles. The van der Waals surface area contributed by atoms with E-state index in [9.17, 15) is 0 Å². The molecule has 0 saturated carbocycles. The predicted octanol–water partition coefficient (Wildman–Crippen LogP) is 4.98. The number of anilines is 1. The van der Waals surface area contributed by atoms with Gasteiger partial charge in [0.1, 0.15) is 28.3 Å². The molecule has 2 aromatic rings. The highest BCUT2D eigenvalue weighted by Crippen LogP contribution is 2.30. The Labute approximate surface area is 154 Å². The maximum atomic E-state index is 6.20.